The Morgan fingerprint density at radius 1 is 1.22 bits per heavy atom. The molecule has 0 saturated heterocycles. The van der Waals surface area contributed by atoms with Crippen LogP contribution < -0.4 is 14.8 Å². The van der Waals surface area contributed by atoms with Gasteiger partial charge >= 0.3 is 6.03 Å². The van der Waals surface area contributed by atoms with Crippen molar-refractivity contribution in [2.24, 2.45) is 7.05 Å². The summed E-state index contributed by atoms with van der Waals surface area (Å²) in [4.78, 5) is 14.2. The number of anilines is 1. The van der Waals surface area contributed by atoms with E-state index in [1.807, 2.05) is 12.1 Å². The Hall–Kier alpha value is -2.70. The predicted octanol–water partition coefficient (Wildman–Crippen LogP) is 2.03. The number of methoxy groups -OCH3 is 2. The maximum atomic E-state index is 12.4. The van der Waals surface area contributed by atoms with Gasteiger partial charge in [-0.3, -0.25) is 10.00 Å². The molecule has 0 aliphatic carbocycles. The van der Waals surface area contributed by atoms with E-state index in [9.17, 15) is 4.79 Å². The molecular weight excluding hydrogens is 296 g/mol. The van der Waals surface area contributed by atoms with Gasteiger partial charge < -0.3 is 14.4 Å². The van der Waals surface area contributed by atoms with Gasteiger partial charge in [0.15, 0.2) is 11.5 Å². The molecule has 0 bridgehead atoms. The van der Waals surface area contributed by atoms with Crippen molar-refractivity contribution in [1.82, 2.24) is 14.7 Å². The summed E-state index contributed by atoms with van der Waals surface area (Å²) < 4.78 is 12.3. The van der Waals surface area contributed by atoms with Crippen molar-refractivity contribution in [2.45, 2.75) is 13.0 Å². The fourth-order valence-corrected chi connectivity index (χ4v) is 2.74. The predicted molar refractivity (Wildman–Crippen MR) is 85.9 cm³/mol. The van der Waals surface area contributed by atoms with E-state index in [1.54, 1.807) is 43.1 Å². The van der Waals surface area contributed by atoms with Crippen molar-refractivity contribution >= 4 is 11.8 Å². The monoisotopic (exact) mass is 316 g/mol. The average Bonchev–Trinajstić information content (AvgIpc) is 2.97. The third-order valence-electron chi connectivity index (χ3n) is 4.06. The van der Waals surface area contributed by atoms with E-state index in [-0.39, 0.29) is 6.03 Å². The summed E-state index contributed by atoms with van der Waals surface area (Å²) >= 11 is 0. The minimum atomic E-state index is -0.131. The number of hydrogen-bond acceptors (Lipinski definition) is 4. The van der Waals surface area contributed by atoms with E-state index in [1.165, 1.54) is 5.56 Å². The zero-order valence-electron chi connectivity index (χ0n) is 13.5. The van der Waals surface area contributed by atoms with Crippen molar-refractivity contribution in [1.29, 1.82) is 0 Å². The van der Waals surface area contributed by atoms with E-state index < -0.39 is 0 Å². The first-order valence-corrected chi connectivity index (χ1v) is 7.40. The summed E-state index contributed by atoms with van der Waals surface area (Å²) in [6.45, 7) is 1.20. The van der Waals surface area contributed by atoms with Gasteiger partial charge in [-0.15, -0.1) is 0 Å². The van der Waals surface area contributed by atoms with Crippen molar-refractivity contribution in [2.75, 3.05) is 26.1 Å². The number of nitrogens with zero attached hydrogens (tertiary/aromatic N) is 3. The second kappa shape index (κ2) is 6.20. The third kappa shape index (κ3) is 2.94. The highest BCUT2D eigenvalue weighted by atomic mass is 16.5. The molecule has 0 atom stereocenters. The van der Waals surface area contributed by atoms with Crippen LogP contribution >= 0.6 is 0 Å². The van der Waals surface area contributed by atoms with Crippen molar-refractivity contribution in [3.05, 3.63) is 35.5 Å². The van der Waals surface area contributed by atoms with Gasteiger partial charge in [-0.2, -0.15) is 5.10 Å². The first-order chi connectivity index (χ1) is 11.1. The zero-order valence-corrected chi connectivity index (χ0v) is 13.5. The molecule has 1 aromatic heterocycles. The van der Waals surface area contributed by atoms with Crippen LogP contribution in [0.3, 0.4) is 0 Å². The van der Waals surface area contributed by atoms with Crippen molar-refractivity contribution < 1.29 is 14.3 Å². The Kier molecular flexibility index (Phi) is 4.10. The molecule has 0 radical (unpaired) electrons. The molecule has 2 amide bonds. The van der Waals surface area contributed by atoms with Gasteiger partial charge in [0.1, 0.15) is 5.82 Å². The number of benzene rings is 1. The molecule has 1 aliphatic heterocycles. The molecular formula is C16H20N4O3. The summed E-state index contributed by atoms with van der Waals surface area (Å²) in [5.41, 5.74) is 2.27. The largest absolute Gasteiger partial charge is 0.493 e. The fraction of sp³-hybridized carbons (Fsp3) is 0.375. The standard InChI is InChI=1S/C16H20N4O3/c1-19-15(4-6-17-19)18-16(21)20-7-5-11-8-13(22-2)14(23-3)9-12(11)10-20/h4,6,8-9H,5,7,10H2,1-3H3,(H,18,21). The molecule has 1 N–H and O–H groups in total. The van der Waals surface area contributed by atoms with Crippen LogP contribution in [0.1, 0.15) is 11.1 Å². The van der Waals surface area contributed by atoms with Crippen LogP contribution in [0.2, 0.25) is 0 Å². The van der Waals surface area contributed by atoms with Gasteiger partial charge in [-0.05, 0) is 29.7 Å². The number of hydrogen-bond donors (Lipinski definition) is 1. The summed E-state index contributed by atoms with van der Waals surface area (Å²) in [5, 5.41) is 6.92. The lowest BCUT2D eigenvalue weighted by molar-refractivity contribution is 0.206. The Morgan fingerprint density at radius 2 is 1.91 bits per heavy atom. The number of aromatic nitrogens is 2. The molecule has 2 heterocycles. The maximum absolute atomic E-state index is 12.4. The lowest BCUT2D eigenvalue weighted by Gasteiger charge is -2.29. The van der Waals surface area contributed by atoms with Crippen molar-refractivity contribution in [3.63, 3.8) is 0 Å². The van der Waals surface area contributed by atoms with E-state index in [2.05, 4.69) is 10.4 Å². The highest BCUT2D eigenvalue weighted by molar-refractivity contribution is 5.88. The topological polar surface area (TPSA) is 68.6 Å². The third-order valence-corrected chi connectivity index (χ3v) is 4.06. The van der Waals surface area contributed by atoms with Crippen LogP contribution in [0.5, 0.6) is 11.5 Å². The molecule has 0 spiro atoms. The number of carbonyl (C=O) groups is 1. The summed E-state index contributed by atoms with van der Waals surface area (Å²) in [6, 6.07) is 5.57. The first kappa shape index (κ1) is 15.2. The molecule has 7 nitrogen and oxygen atoms in total. The Bertz CT molecular complexity index is 726. The van der Waals surface area contributed by atoms with Gasteiger partial charge in [0, 0.05) is 26.2 Å². The molecule has 0 fully saturated rings. The Balaban J connectivity index is 1.77. The molecule has 7 heteroatoms. The number of nitrogens with one attached hydrogen (secondary N) is 1. The lowest BCUT2D eigenvalue weighted by atomic mass is 9.99. The highest BCUT2D eigenvalue weighted by Crippen LogP contribution is 2.33. The summed E-state index contributed by atoms with van der Waals surface area (Å²) in [5.74, 6) is 2.08. The highest BCUT2D eigenvalue weighted by Gasteiger charge is 2.23. The molecule has 3 rings (SSSR count). The second-order valence-corrected chi connectivity index (χ2v) is 5.42. The van der Waals surface area contributed by atoms with Crippen LogP contribution in [0.15, 0.2) is 24.4 Å². The van der Waals surface area contributed by atoms with Gasteiger partial charge in [-0.25, -0.2) is 4.79 Å². The number of aryl methyl sites for hydroxylation is 1. The lowest BCUT2D eigenvalue weighted by Crippen LogP contribution is -2.39. The smallest absolute Gasteiger partial charge is 0.323 e. The van der Waals surface area contributed by atoms with Crippen LogP contribution in [0.4, 0.5) is 10.6 Å². The number of ether oxygens (including phenoxy) is 2. The SMILES string of the molecule is COc1cc2c(cc1OC)CN(C(=O)Nc1ccnn1C)CC2. The summed E-state index contributed by atoms with van der Waals surface area (Å²) in [6.07, 6.45) is 2.44. The second-order valence-electron chi connectivity index (χ2n) is 5.42. The van der Waals surface area contributed by atoms with Crippen LogP contribution in [0.25, 0.3) is 0 Å². The van der Waals surface area contributed by atoms with Crippen LogP contribution in [-0.2, 0) is 20.0 Å². The van der Waals surface area contributed by atoms with E-state index in [0.717, 1.165) is 17.7 Å². The van der Waals surface area contributed by atoms with Gasteiger partial charge in [0.2, 0.25) is 0 Å². The van der Waals surface area contributed by atoms with Gasteiger partial charge in [0.25, 0.3) is 0 Å². The van der Waals surface area contributed by atoms with Gasteiger partial charge in [-0.1, -0.05) is 0 Å². The quantitative estimate of drug-likeness (QED) is 0.941. The number of carbonyl (C=O) groups excluding carboxylic acids is 1. The number of amides is 2. The first-order valence-electron chi connectivity index (χ1n) is 7.40. The minimum Gasteiger partial charge on any atom is -0.493 e. The molecule has 0 unspecified atom stereocenters. The zero-order chi connectivity index (χ0) is 16.4. The molecule has 1 aromatic carbocycles. The van der Waals surface area contributed by atoms with E-state index >= 15 is 0 Å². The van der Waals surface area contributed by atoms with E-state index in [4.69, 9.17) is 9.47 Å². The number of fused-ring (bicyclic) bond motifs is 1. The Morgan fingerprint density at radius 3 is 2.52 bits per heavy atom. The van der Waals surface area contributed by atoms with Gasteiger partial charge in [0.05, 0.1) is 20.4 Å². The maximum Gasteiger partial charge on any atom is 0.323 e. The van der Waals surface area contributed by atoms with E-state index in [0.29, 0.717) is 24.7 Å². The number of rotatable bonds is 3. The molecule has 23 heavy (non-hydrogen) atoms. The molecule has 1 aliphatic rings. The number of urea groups is 1. The Labute approximate surface area is 134 Å². The van der Waals surface area contributed by atoms with Crippen LogP contribution in [0, 0.1) is 0 Å². The normalized spacial score (nSPS) is 13.4. The fourth-order valence-electron chi connectivity index (χ4n) is 2.74. The minimum absolute atomic E-state index is 0.131. The summed E-state index contributed by atoms with van der Waals surface area (Å²) in [7, 11) is 5.03. The molecule has 122 valence electrons. The van der Waals surface area contributed by atoms with Crippen LogP contribution in [-0.4, -0.2) is 41.5 Å². The molecule has 2 aromatic rings. The average molecular weight is 316 g/mol. The molecule has 0 saturated carbocycles. The van der Waals surface area contributed by atoms with Crippen molar-refractivity contribution in [3.8, 4) is 11.5 Å².